The number of alkyl halides is 3. The van der Waals surface area contributed by atoms with Crippen LogP contribution in [0.1, 0.15) is 60.8 Å². The molecule has 1 aromatic heterocycles. The maximum absolute atomic E-state index is 13.9. The predicted molar refractivity (Wildman–Crippen MR) is 128 cm³/mol. The van der Waals surface area contributed by atoms with Crippen LogP contribution in [0.2, 0.25) is 0 Å². The summed E-state index contributed by atoms with van der Waals surface area (Å²) in [6.45, 7) is 5.60. The molecule has 13 heteroatoms. The number of nitrogens with one attached hydrogen (secondary N) is 2. The van der Waals surface area contributed by atoms with Gasteiger partial charge >= 0.3 is 6.18 Å². The highest BCUT2D eigenvalue weighted by atomic mass is 32.2. The van der Waals surface area contributed by atoms with Gasteiger partial charge in [0.05, 0.1) is 17.5 Å². The van der Waals surface area contributed by atoms with Crippen molar-refractivity contribution >= 4 is 27.5 Å². The molecule has 3 rings (SSSR count). The Labute approximate surface area is 206 Å². The Kier molecular flexibility index (Phi) is 7.44. The second-order valence-corrected chi connectivity index (χ2v) is 10.3. The largest absolute Gasteiger partial charge is 0.505 e. The average molecular weight is 529 g/mol. The van der Waals surface area contributed by atoms with Crippen molar-refractivity contribution in [3.63, 3.8) is 0 Å². The second-order valence-electron chi connectivity index (χ2n) is 8.67. The lowest BCUT2D eigenvalue weighted by Crippen LogP contribution is -2.28. The fourth-order valence-corrected chi connectivity index (χ4v) is 4.76. The molecule has 1 aromatic carbocycles. The molecule has 0 spiro atoms. The Hall–Kier alpha value is -3.48. The number of anilines is 1. The quantitative estimate of drug-likeness (QED) is 0.456. The van der Waals surface area contributed by atoms with Gasteiger partial charge in [0.1, 0.15) is 17.5 Å². The van der Waals surface area contributed by atoms with Gasteiger partial charge in [0.15, 0.2) is 16.5 Å². The first-order valence-electron chi connectivity index (χ1n) is 11.0. The van der Waals surface area contributed by atoms with Gasteiger partial charge in [-0.1, -0.05) is 26.8 Å². The third-order valence-electron chi connectivity index (χ3n) is 5.46. The van der Waals surface area contributed by atoms with Crippen molar-refractivity contribution in [2.45, 2.75) is 45.3 Å². The molecule has 3 N–H and O–H groups in total. The zero-order chi connectivity index (χ0) is 27.0. The molecule has 36 heavy (non-hydrogen) atoms. The number of amides is 1. The SMILES string of the molecule is CCC(N=C1NS(=O)(=O)C(C(F)(F)F)=C1Nc1cccc(C(=O)N(C)C)c1O)c1cc(C(C)C)co1. The number of carbonyl (C=O) groups excluding carboxylic acids is 1. The maximum Gasteiger partial charge on any atom is 0.431 e. The number of nitrogens with zero attached hydrogens (tertiary/aromatic N) is 2. The van der Waals surface area contributed by atoms with E-state index in [-0.39, 0.29) is 17.2 Å². The van der Waals surface area contributed by atoms with Crippen LogP contribution in [-0.4, -0.2) is 50.4 Å². The molecule has 1 atom stereocenters. The molecular formula is C23H27F3N4O5S. The standard InChI is InChI=1S/C23H27F3N4O5S/c1-6-15(17-10-13(11-35-17)12(2)3)28-21-18(20(23(24,25)26)36(33,34)29-21)27-16-9-7-8-14(19(16)31)22(32)30(4)5/h7-12,15,27,31H,6H2,1-5H3,(H,28,29). The number of furan rings is 1. The second kappa shape index (κ2) is 9.88. The van der Waals surface area contributed by atoms with Gasteiger partial charge in [0, 0.05) is 14.1 Å². The number of sulfonamides is 1. The maximum atomic E-state index is 13.9. The van der Waals surface area contributed by atoms with E-state index < -0.39 is 50.3 Å². The number of amidine groups is 1. The molecule has 1 aliphatic rings. The fourth-order valence-electron chi connectivity index (χ4n) is 3.52. The van der Waals surface area contributed by atoms with Crippen molar-refractivity contribution in [2.24, 2.45) is 4.99 Å². The highest BCUT2D eigenvalue weighted by Gasteiger charge is 2.51. The number of hydrogen-bond acceptors (Lipinski definition) is 7. The molecule has 0 saturated heterocycles. The van der Waals surface area contributed by atoms with E-state index in [4.69, 9.17) is 4.42 Å². The lowest BCUT2D eigenvalue weighted by molar-refractivity contribution is -0.0847. The topological polar surface area (TPSA) is 124 Å². The molecule has 0 aliphatic carbocycles. The van der Waals surface area contributed by atoms with E-state index in [1.54, 1.807) is 13.0 Å². The highest BCUT2D eigenvalue weighted by molar-refractivity contribution is 7.94. The summed E-state index contributed by atoms with van der Waals surface area (Å²) in [5, 5.41) is 12.9. The van der Waals surface area contributed by atoms with Crippen molar-refractivity contribution in [3.05, 3.63) is 58.0 Å². The number of phenols is 1. The number of aliphatic imine (C=N–C) groups is 1. The summed E-state index contributed by atoms with van der Waals surface area (Å²) in [7, 11) is -2.16. The van der Waals surface area contributed by atoms with Crippen LogP contribution in [0, 0.1) is 0 Å². The molecule has 1 amide bonds. The fraction of sp³-hybridized carbons (Fsp3) is 0.391. The van der Waals surface area contributed by atoms with Gasteiger partial charge in [-0.05, 0) is 36.1 Å². The van der Waals surface area contributed by atoms with E-state index in [2.05, 4.69) is 10.3 Å². The first kappa shape index (κ1) is 27.1. The van der Waals surface area contributed by atoms with Crippen LogP contribution in [0.15, 0.2) is 50.5 Å². The van der Waals surface area contributed by atoms with E-state index in [0.717, 1.165) is 5.56 Å². The number of aromatic hydroxyl groups is 1. The van der Waals surface area contributed by atoms with Gasteiger partial charge < -0.3 is 19.7 Å². The Morgan fingerprint density at radius 1 is 1.28 bits per heavy atom. The van der Waals surface area contributed by atoms with Crippen LogP contribution in [0.3, 0.4) is 0 Å². The smallest absolute Gasteiger partial charge is 0.431 e. The van der Waals surface area contributed by atoms with Crippen molar-refractivity contribution in [1.82, 2.24) is 9.62 Å². The van der Waals surface area contributed by atoms with E-state index in [1.165, 1.54) is 43.5 Å². The Morgan fingerprint density at radius 2 is 1.94 bits per heavy atom. The number of benzene rings is 1. The Morgan fingerprint density at radius 3 is 2.47 bits per heavy atom. The summed E-state index contributed by atoms with van der Waals surface area (Å²) in [6, 6.07) is 4.76. The summed E-state index contributed by atoms with van der Waals surface area (Å²) in [5.74, 6) is -1.35. The molecule has 0 bridgehead atoms. The normalized spacial score (nSPS) is 17.4. The highest BCUT2D eigenvalue weighted by Crippen LogP contribution is 2.39. The van der Waals surface area contributed by atoms with Crippen molar-refractivity contribution in [2.75, 3.05) is 19.4 Å². The van der Waals surface area contributed by atoms with E-state index in [0.29, 0.717) is 12.2 Å². The minimum Gasteiger partial charge on any atom is -0.505 e. The first-order chi connectivity index (χ1) is 16.7. The number of para-hydroxylation sites is 1. The molecular weight excluding hydrogens is 501 g/mol. The van der Waals surface area contributed by atoms with Gasteiger partial charge in [-0.15, -0.1) is 0 Å². The summed E-state index contributed by atoms with van der Waals surface area (Å²) >= 11 is 0. The molecule has 2 aromatic rings. The lowest BCUT2D eigenvalue weighted by Gasteiger charge is -2.16. The Bertz CT molecular complexity index is 1330. The minimum atomic E-state index is -5.28. The van der Waals surface area contributed by atoms with Gasteiger partial charge in [0.25, 0.3) is 15.9 Å². The molecule has 0 radical (unpaired) electrons. The summed E-state index contributed by atoms with van der Waals surface area (Å²) < 4.78 is 74.2. The third-order valence-corrected chi connectivity index (χ3v) is 6.90. The molecule has 0 saturated carbocycles. The van der Waals surface area contributed by atoms with Gasteiger partial charge in [-0.25, -0.2) is 8.42 Å². The van der Waals surface area contributed by atoms with Crippen LogP contribution in [-0.2, 0) is 10.0 Å². The molecule has 0 fully saturated rings. The number of allylic oxidation sites excluding steroid dienone is 1. The van der Waals surface area contributed by atoms with Gasteiger partial charge in [0.2, 0.25) is 0 Å². The molecule has 2 heterocycles. The number of halogens is 3. The lowest BCUT2D eigenvalue weighted by atomic mass is 10.1. The Balaban J connectivity index is 2.15. The van der Waals surface area contributed by atoms with Crippen LogP contribution < -0.4 is 10.0 Å². The van der Waals surface area contributed by atoms with Crippen LogP contribution in [0.25, 0.3) is 0 Å². The third kappa shape index (κ3) is 5.35. The number of carbonyl (C=O) groups is 1. The average Bonchev–Trinajstić information content (AvgIpc) is 3.35. The van der Waals surface area contributed by atoms with Gasteiger partial charge in [-0.3, -0.25) is 14.5 Å². The van der Waals surface area contributed by atoms with Crippen molar-refractivity contribution < 1.29 is 35.9 Å². The zero-order valence-electron chi connectivity index (χ0n) is 20.3. The summed E-state index contributed by atoms with van der Waals surface area (Å²) in [4.78, 5) is 15.9. The minimum absolute atomic E-state index is 0.131. The number of rotatable bonds is 7. The monoisotopic (exact) mass is 528 g/mol. The molecule has 1 unspecified atom stereocenters. The summed E-state index contributed by atoms with van der Waals surface area (Å²) in [5.41, 5.74) is -0.539. The summed E-state index contributed by atoms with van der Waals surface area (Å²) in [6.07, 6.45) is -3.47. The molecule has 9 nitrogen and oxygen atoms in total. The zero-order valence-corrected chi connectivity index (χ0v) is 21.1. The van der Waals surface area contributed by atoms with Crippen molar-refractivity contribution in [1.29, 1.82) is 0 Å². The van der Waals surface area contributed by atoms with Gasteiger partial charge in [-0.2, -0.15) is 13.2 Å². The number of phenolic OH excluding ortho intramolecular Hbond substituents is 1. The van der Waals surface area contributed by atoms with Crippen molar-refractivity contribution in [3.8, 4) is 5.75 Å². The van der Waals surface area contributed by atoms with E-state index in [9.17, 15) is 31.5 Å². The van der Waals surface area contributed by atoms with Crippen LogP contribution >= 0.6 is 0 Å². The molecule has 196 valence electrons. The van der Waals surface area contributed by atoms with E-state index in [1.807, 2.05) is 18.6 Å². The number of hydrogen-bond donors (Lipinski definition) is 3. The van der Waals surface area contributed by atoms with E-state index >= 15 is 0 Å². The predicted octanol–water partition coefficient (Wildman–Crippen LogP) is 4.48. The van der Waals surface area contributed by atoms with Crippen LogP contribution in [0.4, 0.5) is 18.9 Å². The van der Waals surface area contributed by atoms with Crippen LogP contribution in [0.5, 0.6) is 5.75 Å². The molecule has 1 aliphatic heterocycles. The first-order valence-corrected chi connectivity index (χ1v) is 12.5.